The Labute approximate surface area is 172 Å². The number of thioether (sulfide) groups is 1. The van der Waals surface area contributed by atoms with Gasteiger partial charge in [0.05, 0.1) is 11.3 Å². The molecule has 0 aliphatic rings. The highest BCUT2D eigenvalue weighted by Crippen LogP contribution is 2.29. The van der Waals surface area contributed by atoms with Crippen molar-refractivity contribution in [1.29, 1.82) is 0 Å². The van der Waals surface area contributed by atoms with Crippen LogP contribution in [-0.4, -0.2) is 21.6 Å². The van der Waals surface area contributed by atoms with Crippen LogP contribution in [0.2, 0.25) is 0 Å². The van der Waals surface area contributed by atoms with Gasteiger partial charge in [-0.25, -0.2) is 14.4 Å². The quantitative estimate of drug-likeness (QED) is 0.354. The van der Waals surface area contributed by atoms with Crippen molar-refractivity contribution in [2.75, 3.05) is 11.1 Å². The third-order valence-corrected chi connectivity index (χ3v) is 5.32. The molecule has 0 bridgehead atoms. The minimum atomic E-state index is -0.362. The second-order valence-corrected chi connectivity index (χ2v) is 7.55. The molecular weight excluding hydrogens is 385 g/mol. The van der Waals surface area contributed by atoms with Gasteiger partial charge in [-0.3, -0.25) is 4.79 Å². The van der Waals surface area contributed by atoms with Gasteiger partial charge < -0.3 is 5.32 Å². The number of anilines is 1. The summed E-state index contributed by atoms with van der Waals surface area (Å²) < 4.78 is 13.8. The van der Waals surface area contributed by atoms with Gasteiger partial charge in [0, 0.05) is 16.6 Å². The van der Waals surface area contributed by atoms with Gasteiger partial charge in [-0.2, -0.15) is 0 Å². The lowest BCUT2D eigenvalue weighted by atomic mass is 10.2. The van der Waals surface area contributed by atoms with Crippen molar-refractivity contribution in [3.05, 3.63) is 84.2 Å². The molecular formula is C23H18FN3OS. The Morgan fingerprint density at radius 1 is 1.00 bits per heavy atom. The molecule has 1 N–H and O–H groups in total. The fourth-order valence-corrected chi connectivity index (χ4v) is 3.68. The summed E-state index contributed by atoms with van der Waals surface area (Å²) >= 11 is 1.27. The first-order valence-corrected chi connectivity index (χ1v) is 10.1. The van der Waals surface area contributed by atoms with Gasteiger partial charge in [-0.15, -0.1) is 0 Å². The van der Waals surface area contributed by atoms with Crippen molar-refractivity contribution < 1.29 is 9.18 Å². The Morgan fingerprint density at radius 3 is 2.52 bits per heavy atom. The van der Waals surface area contributed by atoms with Crippen molar-refractivity contribution >= 4 is 34.3 Å². The number of hydrogen-bond donors (Lipinski definition) is 1. The molecule has 0 radical (unpaired) electrons. The molecule has 144 valence electrons. The lowest BCUT2D eigenvalue weighted by Crippen LogP contribution is -2.14. The zero-order valence-corrected chi connectivity index (χ0v) is 16.5. The van der Waals surface area contributed by atoms with E-state index in [1.54, 1.807) is 6.07 Å². The van der Waals surface area contributed by atoms with E-state index in [1.165, 1.54) is 23.9 Å². The monoisotopic (exact) mass is 403 g/mol. The van der Waals surface area contributed by atoms with E-state index in [-0.39, 0.29) is 17.5 Å². The topological polar surface area (TPSA) is 54.9 Å². The van der Waals surface area contributed by atoms with Crippen molar-refractivity contribution in [2.45, 2.75) is 11.9 Å². The van der Waals surface area contributed by atoms with E-state index >= 15 is 0 Å². The molecule has 0 aliphatic heterocycles. The number of carbonyl (C=O) groups excluding carboxylic acids is 1. The lowest BCUT2D eigenvalue weighted by Gasteiger charge is -2.09. The molecule has 0 aliphatic carbocycles. The Hall–Kier alpha value is -3.25. The van der Waals surface area contributed by atoms with Gasteiger partial charge in [0.25, 0.3) is 0 Å². The molecule has 1 amide bonds. The van der Waals surface area contributed by atoms with Crippen LogP contribution in [0.25, 0.3) is 22.3 Å². The van der Waals surface area contributed by atoms with E-state index < -0.39 is 0 Å². The minimum Gasteiger partial charge on any atom is -0.325 e. The van der Waals surface area contributed by atoms with Crippen molar-refractivity contribution in [1.82, 2.24) is 9.97 Å². The van der Waals surface area contributed by atoms with E-state index in [0.29, 0.717) is 21.8 Å². The Kier molecular flexibility index (Phi) is 5.53. The number of aromatic nitrogens is 2. The summed E-state index contributed by atoms with van der Waals surface area (Å²) in [5.74, 6) is 0.194. The van der Waals surface area contributed by atoms with Crippen molar-refractivity contribution in [2.24, 2.45) is 0 Å². The summed E-state index contributed by atoms with van der Waals surface area (Å²) in [6, 6.07) is 21.6. The molecule has 29 heavy (non-hydrogen) atoms. The largest absolute Gasteiger partial charge is 0.325 e. The maximum Gasteiger partial charge on any atom is 0.234 e. The second-order valence-electron chi connectivity index (χ2n) is 6.58. The number of fused-ring (bicyclic) bond motifs is 1. The zero-order chi connectivity index (χ0) is 20.2. The molecule has 4 nitrogen and oxygen atoms in total. The number of carbonyl (C=O) groups is 1. The first-order chi connectivity index (χ1) is 14.1. The molecule has 1 heterocycles. The number of nitrogens with zero attached hydrogens (tertiary/aromatic N) is 2. The van der Waals surface area contributed by atoms with Crippen molar-refractivity contribution in [3.8, 4) is 11.4 Å². The molecule has 1 aromatic heterocycles. The third-order valence-electron chi connectivity index (χ3n) is 4.33. The van der Waals surface area contributed by atoms with Gasteiger partial charge in [0.2, 0.25) is 5.91 Å². The van der Waals surface area contributed by atoms with E-state index in [9.17, 15) is 9.18 Å². The molecule has 0 atom stereocenters. The predicted octanol–water partition coefficient (Wildman–Crippen LogP) is 5.48. The van der Waals surface area contributed by atoms with E-state index in [2.05, 4.69) is 15.3 Å². The number of aryl methyl sites for hydroxylation is 1. The van der Waals surface area contributed by atoms with Crippen LogP contribution in [-0.2, 0) is 4.79 Å². The van der Waals surface area contributed by atoms with Gasteiger partial charge >= 0.3 is 0 Å². The summed E-state index contributed by atoms with van der Waals surface area (Å²) in [4.78, 5) is 21.5. The maximum absolute atomic E-state index is 13.8. The summed E-state index contributed by atoms with van der Waals surface area (Å²) in [5, 5.41) is 4.04. The molecule has 0 unspecified atom stereocenters. The Bertz CT molecular complexity index is 1160. The summed E-state index contributed by atoms with van der Waals surface area (Å²) in [5.41, 5.74) is 3.37. The SMILES string of the molecule is Cc1ccc(NC(=O)CSc2nc(-c3ccccc3)nc3ccc(F)cc23)cc1. The highest BCUT2D eigenvalue weighted by Gasteiger charge is 2.13. The average Bonchev–Trinajstić information content (AvgIpc) is 2.74. The van der Waals surface area contributed by atoms with Gasteiger partial charge in [0.1, 0.15) is 10.8 Å². The zero-order valence-electron chi connectivity index (χ0n) is 15.7. The molecule has 4 aromatic rings. The van der Waals surface area contributed by atoms with E-state index in [0.717, 1.165) is 16.8 Å². The van der Waals surface area contributed by atoms with Crippen LogP contribution in [0.1, 0.15) is 5.56 Å². The minimum absolute atomic E-state index is 0.150. The van der Waals surface area contributed by atoms with E-state index in [1.807, 2.05) is 61.5 Å². The number of benzene rings is 3. The van der Waals surface area contributed by atoms with Crippen LogP contribution in [0.3, 0.4) is 0 Å². The number of hydrogen-bond acceptors (Lipinski definition) is 4. The summed E-state index contributed by atoms with van der Waals surface area (Å²) in [6.07, 6.45) is 0. The fourth-order valence-electron chi connectivity index (χ4n) is 2.87. The maximum atomic E-state index is 13.8. The first-order valence-electron chi connectivity index (χ1n) is 9.10. The van der Waals surface area contributed by atoms with Crippen LogP contribution in [0.4, 0.5) is 10.1 Å². The molecule has 0 saturated heterocycles. The number of amides is 1. The Morgan fingerprint density at radius 2 is 1.76 bits per heavy atom. The fraction of sp³-hybridized carbons (Fsp3) is 0.0870. The second kappa shape index (κ2) is 8.41. The lowest BCUT2D eigenvalue weighted by molar-refractivity contribution is -0.113. The molecule has 6 heteroatoms. The normalized spacial score (nSPS) is 10.8. The third kappa shape index (κ3) is 4.60. The average molecular weight is 403 g/mol. The number of halogens is 1. The summed E-state index contributed by atoms with van der Waals surface area (Å²) in [7, 11) is 0. The standard InChI is InChI=1S/C23H18FN3OS/c1-15-7-10-18(11-8-15)25-21(28)14-29-23-19-13-17(24)9-12-20(19)26-22(27-23)16-5-3-2-4-6-16/h2-13H,14H2,1H3,(H,25,28). The van der Waals surface area contributed by atoms with Gasteiger partial charge in [0.15, 0.2) is 5.82 Å². The van der Waals surface area contributed by atoms with Gasteiger partial charge in [-0.1, -0.05) is 59.8 Å². The highest BCUT2D eigenvalue weighted by molar-refractivity contribution is 8.00. The van der Waals surface area contributed by atoms with Crippen LogP contribution >= 0.6 is 11.8 Å². The molecule has 0 saturated carbocycles. The predicted molar refractivity (Wildman–Crippen MR) is 115 cm³/mol. The highest BCUT2D eigenvalue weighted by atomic mass is 32.2. The smallest absolute Gasteiger partial charge is 0.234 e. The van der Waals surface area contributed by atoms with Crippen LogP contribution in [0.15, 0.2) is 77.8 Å². The first kappa shape index (κ1) is 19.1. The molecule has 4 rings (SSSR count). The molecule has 3 aromatic carbocycles. The molecule has 0 spiro atoms. The van der Waals surface area contributed by atoms with Gasteiger partial charge in [-0.05, 0) is 37.3 Å². The molecule has 0 fully saturated rings. The van der Waals surface area contributed by atoms with Crippen LogP contribution in [0.5, 0.6) is 0 Å². The number of nitrogens with one attached hydrogen (secondary N) is 1. The Balaban J connectivity index is 1.60. The van der Waals surface area contributed by atoms with Crippen molar-refractivity contribution in [3.63, 3.8) is 0 Å². The van der Waals surface area contributed by atoms with Crippen LogP contribution in [0, 0.1) is 12.7 Å². The van der Waals surface area contributed by atoms with Crippen LogP contribution < -0.4 is 5.32 Å². The van der Waals surface area contributed by atoms with E-state index in [4.69, 9.17) is 0 Å². The summed E-state index contributed by atoms with van der Waals surface area (Å²) in [6.45, 7) is 1.99. The number of rotatable bonds is 5.